The number of methoxy groups -OCH3 is 1. The fraction of sp³-hybridized carbons (Fsp3) is 0.0769. The monoisotopic (exact) mass is 384 g/mol. The van der Waals surface area contributed by atoms with Gasteiger partial charge in [0.2, 0.25) is 11.8 Å². The van der Waals surface area contributed by atoms with Gasteiger partial charge in [0.05, 0.1) is 22.7 Å². The summed E-state index contributed by atoms with van der Waals surface area (Å²) in [6, 6.07) is 5.72. The highest BCUT2D eigenvalue weighted by molar-refractivity contribution is 9.10. The Morgan fingerprint density at radius 2 is 2.29 bits per heavy atom. The van der Waals surface area contributed by atoms with Gasteiger partial charge in [-0.05, 0) is 40.0 Å². The molecule has 0 atom stereocenters. The van der Waals surface area contributed by atoms with Gasteiger partial charge in [0.1, 0.15) is 0 Å². The van der Waals surface area contributed by atoms with E-state index in [0.717, 1.165) is 15.8 Å². The summed E-state index contributed by atoms with van der Waals surface area (Å²) in [5.41, 5.74) is 0.987. The van der Waals surface area contributed by atoms with Crippen LogP contribution in [0.4, 0.5) is 5.95 Å². The van der Waals surface area contributed by atoms with Gasteiger partial charge in [-0.3, -0.25) is 4.72 Å². The van der Waals surface area contributed by atoms with Crippen LogP contribution in [0.2, 0.25) is 5.02 Å². The number of halogens is 2. The van der Waals surface area contributed by atoms with Gasteiger partial charge in [-0.1, -0.05) is 17.7 Å². The number of aromatic nitrogens is 3. The van der Waals surface area contributed by atoms with Gasteiger partial charge in [-0.15, -0.1) is 0 Å². The van der Waals surface area contributed by atoms with Gasteiger partial charge in [0.15, 0.2) is 0 Å². The highest BCUT2D eigenvalue weighted by atomic mass is 79.9. The Morgan fingerprint density at radius 3 is 3.10 bits per heavy atom. The van der Waals surface area contributed by atoms with Crippen LogP contribution in [0.25, 0.3) is 10.9 Å². The van der Waals surface area contributed by atoms with Gasteiger partial charge in [0.25, 0.3) is 0 Å². The molecule has 0 fully saturated rings. The van der Waals surface area contributed by atoms with Gasteiger partial charge in [-0.25, -0.2) is 4.98 Å². The maximum Gasteiger partial charge on any atom is 0.236 e. The molecule has 1 aromatic carbocycles. The van der Waals surface area contributed by atoms with Gasteiger partial charge >= 0.3 is 0 Å². The Balaban J connectivity index is 1.80. The summed E-state index contributed by atoms with van der Waals surface area (Å²) in [5.74, 6) is 0.960. The van der Waals surface area contributed by atoms with Crippen LogP contribution in [0.5, 0.6) is 5.88 Å². The largest absolute Gasteiger partial charge is 0.480 e. The second-order valence-corrected chi connectivity index (χ2v) is 6.24. The second-order valence-electron chi connectivity index (χ2n) is 4.10. The Labute approximate surface area is 138 Å². The lowest BCUT2D eigenvalue weighted by Gasteiger charge is -2.06. The van der Waals surface area contributed by atoms with Gasteiger partial charge in [0, 0.05) is 22.1 Å². The first kappa shape index (κ1) is 14.5. The summed E-state index contributed by atoms with van der Waals surface area (Å²) in [7, 11) is 1.56. The van der Waals surface area contributed by atoms with Crippen LogP contribution in [-0.2, 0) is 0 Å². The van der Waals surface area contributed by atoms with Crippen molar-refractivity contribution in [1.82, 2.24) is 15.0 Å². The molecule has 2 aromatic heterocycles. The molecule has 8 heteroatoms. The average Bonchev–Trinajstić information content (AvgIpc) is 2.88. The summed E-state index contributed by atoms with van der Waals surface area (Å²) in [5, 5.41) is 1.79. The first-order valence-corrected chi connectivity index (χ1v) is 7.92. The zero-order valence-corrected chi connectivity index (χ0v) is 14.0. The van der Waals surface area contributed by atoms with Crippen LogP contribution in [0.3, 0.4) is 0 Å². The first-order chi connectivity index (χ1) is 10.2. The molecule has 3 aromatic rings. The number of nitrogens with one attached hydrogen (secondary N) is 2. The van der Waals surface area contributed by atoms with Crippen molar-refractivity contribution in [3.8, 4) is 5.88 Å². The van der Waals surface area contributed by atoms with E-state index >= 15 is 0 Å². The molecule has 0 spiro atoms. The topological polar surface area (TPSA) is 62.8 Å². The van der Waals surface area contributed by atoms with E-state index in [4.69, 9.17) is 16.3 Å². The van der Waals surface area contributed by atoms with Crippen LogP contribution in [0.15, 0.2) is 40.0 Å². The molecule has 0 aliphatic rings. The van der Waals surface area contributed by atoms with Crippen molar-refractivity contribution in [3.63, 3.8) is 0 Å². The molecule has 0 aliphatic heterocycles. The van der Waals surface area contributed by atoms with E-state index in [0.29, 0.717) is 21.3 Å². The molecule has 108 valence electrons. The minimum absolute atomic E-state index is 0.475. The molecule has 0 aliphatic carbocycles. The van der Waals surface area contributed by atoms with Crippen molar-refractivity contribution in [2.75, 3.05) is 11.8 Å². The highest BCUT2D eigenvalue weighted by Gasteiger charge is 2.08. The molecule has 0 radical (unpaired) electrons. The highest BCUT2D eigenvalue weighted by Crippen LogP contribution is 2.30. The number of hydrogen-bond donors (Lipinski definition) is 2. The fourth-order valence-electron chi connectivity index (χ4n) is 1.80. The van der Waals surface area contributed by atoms with Gasteiger partial charge in [-0.2, -0.15) is 4.98 Å². The van der Waals surface area contributed by atoms with Crippen LogP contribution in [0, 0.1) is 0 Å². The van der Waals surface area contributed by atoms with Crippen LogP contribution < -0.4 is 9.46 Å². The fourth-order valence-corrected chi connectivity index (χ4v) is 3.03. The van der Waals surface area contributed by atoms with E-state index in [2.05, 4.69) is 35.6 Å². The van der Waals surface area contributed by atoms with E-state index in [1.807, 2.05) is 24.4 Å². The Morgan fingerprint density at radius 1 is 1.43 bits per heavy atom. The molecule has 0 unspecified atom stereocenters. The van der Waals surface area contributed by atoms with E-state index in [1.165, 1.54) is 11.9 Å². The summed E-state index contributed by atoms with van der Waals surface area (Å²) in [4.78, 5) is 12.6. The van der Waals surface area contributed by atoms with E-state index in [9.17, 15) is 0 Å². The Bertz CT molecular complexity index is 795. The van der Waals surface area contributed by atoms with E-state index in [-0.39, 0.29) is 0 Å². The molecule has 5 nitrogen and oxygen atoms in total. The number of H-pyrrole nitrogens is 1. The SMILES string of the molecule is COc1nc(NSc2c[nH]c3cc(Cl)ccc23)ncc1Br. The molecule has 0 bridgehead atoms. The summed E-state index contributed by atoms with van der Waals surface area (Å²) in [6.45, 7) is 0. The standard InChI is InChI=1S/C13H10BrClN4OS/c1-20-12-9(14)5-17-13(18-12)19-21-11-6-16-10-4-7(15)2-3-8(10)11/h2-6,16H,1H3,(H,17,18,19). The third-order valence-corrected chi connectivity index (χ3v) is 4.38. The summed E-state index contributed by atoms with van der Waals surface area (Å²) in [6.07, 6.45) is 3.55. The maximum atomic E-state index is 5.97. The molecule has 21 heavy (non-hydrogen) atoms. The summed E-state index contributed by atoms with van der Waals surface area (Å²) >= 11 is 10.7. The predicted octanol–water partition coefficient (Wildman–Crippen LogP) is 4.50. The number of aromatic amines is 1. The average molecular weight is 386 g/mol. The van der Waals surface area contributed by atoms with Crippen LogP contribution >= 0.6 is 39.5 Å². The molecular formula is C13H10BrClN4OS. The maximum absolute atomic E-state index is 5.97. The second kappa shape index (κ2) is 6.13. The normalized spacial score (nSPS) is 10.8. The smallest absolute Gasteiger partial charge is 0.236 e. The van der Waals surface area contributed by atoms with Crippen molar-refractivity contribution in [2.45, 2.75) is 4.90 Å². The molecule has 0 saturated heterocycles. The number of benzene rings is 1. The Hall–Kier alpha value is -1.44. The van der Waals surface area contributed by atoms with E-state index < -0.39 is 0 Å². The zero-order valence-electron chi connectivity index (χ0n) is 10.9. The van der Waals surface area contributed by atoms with Crippen molar-refractivity contribution in [1.29, 1.82) is 0 Å². The van der Waals surface area contributed by atoms with Crippen LogP contribution in [0.1, 0.15) is 0 Å². The molecule has 2 heterocycles. The summed E-state index contributed by atoms with van der Waals surface area (Å²) < 4.78 is 8.94. The third kappa shape index (κ3) is 3.09. The number of nitrogens with zero attached hydrogens (tertiary/aromatic N) is 2. The number of hydrogen-bond acceptors (Lipinski definition) is 5. The Kier molecular flexibility index (Phi) is 4.23. The van der Waals surface area contributed by atoms with Crippen molar-refractivity contribution in [2.24, 2.45) is 0 Å². The lowest BCUT2D eigenvalue weighted by Crippen LogP contribution is -1.97. The van der Waals surface area contributed by atoms with Crippen molar-refractivity contribution < 1.29 is 4.74 Å². The number of anilines is 1. The van der Waals surface area contributed by atoms with Crippen LogP contribution in [-0.4, -0.2) is 22.1 Å². The van der Waals surface area contributed by atoms with Gasteiger partial charge < -0.3 is 9.72 Å². The van der Waals surface area contributed by atoms with E-state index in [1.54, 1.807) is 13.3 Å². The molecule has 0 amide bonds. The number of fused-ring (bicyclic) bond motifs is 1. The first-order valence-electron chi connectivity index (χ1n) is 5.93. The molecular weight excluding hydrogens is 376 g/mol. The number of rotatable bonds is 4. The zero-order chi connectivity index (χ0) is 14.8. The van der Waals surface area contributed by atoms with Crippen molar-refractivity contribution in [3.05, 3.63) is 40.1 Å². The lowest BCUT2D eigenvalue weighted by atomic mass is 10.2. The number of ether oxygens (including phenoxy) is 1. The minimum atomic E-state index is 0.475. The molecule has 3 rings (SSSR count). The molecule has 0 saturated carbocycles. The minimum Gasteiger partial charge on any atom is -0.480 e. The lowest BCUT2D eigenvalue weighted by molar-refractivity contribution is 0.394. The predicted molar refractivity (Wildman–Crippen MR) is 89.1 cm³/mol. The molecule has 2 N–H and O–H groups in total. The quantitative estimate of drug-likeness (QED) is 0.647. The third-order valence-electron chi connectivity index (χ3n) is 2.76. The van der Waals surface area contributed by atoms with Crippen molar-refractivity contribution >= 4 is 56.3 Å².